The first-order chi connectivity index (χ1) is 9.11. The molecule has 0 saturated carbocycles. The Morgan fingerprint density at radius 2 is 2.05 bits per heavy atom. The highest BCUT2D eigenvalue weighted by Gasteiger charge is 2.25. The normalized spacial score (nSPS) is 19.6. The zero-order valence-electron chi connectivity index (χ0n) is 12.7. The van der Waals surface area contributed by atoms with Crippen LogP contribution in [-0.2, 0) is 0 Å². The number of likely N-dealkylation sites (N-methyl/N-ethyl adjacent to an activating group) is 2. The zero-order valence-corrected chi connectivity index (χ0v) is 12.7. The molecule has 0 fully saturated rings. The van der Waals surface area contributed by atoms with Crippen LogP contribution in [-0.4, -0.2) is 56.1 Å². The van der Waals surface area contributed by atoms with Gasteiger partial charge in [0, 0.05) is 37.3 Å². The SMILES string of the molecule is CCN(CC1CNc2ccccc21)C(C)CN(C)C. The molecule has 3 heteroatoms. The average molecular weight is 261 g/mol. The van der Waals surface area contributed by atoms with E-state index in [0.717, 1.165) is 26.2 Å². The predicted molar refractivity (Wildman–Crippen MR) is 82.9 cm³/mol. The highest BCUT2D eigenvalue weighted by Crippen LogP contribution is 2.31. The van der Waals surface area contributed by atoms with E-state index in [1.54, 1.807) is 0 Å². The number of para-hydroxylation sites is 1. The maximum atomic E-state index is 3.52. The van der Waals surface area contributed by atoms with Crippen LogP contribution in [0.1, 0.15) is 25.3 Å². The summed E-state index contributed by atoms with van der Waals surface area (Å²) in [7, 11) is 4.30. The third-order valence-corrected chi connectivity index (χ3v) is 4.05. The second-order valence-corrected chi connectivity index (χ2v) is 5.86. The summed E-state index contributed by atoms with van der Waals surface area (Å²) >= 11 is 0. The van der Waals surface area contributed by atoms with Crippen LogP contribution in [0, 0.1) is 0 Å². The lowest BCUT2D eigenvalue weighted by molar-refractivity contribution is 0.174. The third-order valence-electron chi connectivity index (χ3n) is 4.05. The maximum Gasteiger partial charge on any atom is 0.0376 e. The molecule has 2 unspecified atom stereocenters. The minimum atomic E-state index is 0.604. The second kappa shape index (κ2) is 6.40. The minimum Gasteiger partial charge on any atom is -0.384 e. The van der Waals surface area contributed by atoms with Crippen LogP contribution in [0.5, 0.6) is 0 Å². The molecule has 106 valence electrons. The number of fused-ring (bicyclic) bond motifs is 1. The lowest BCUT2D eigenvalue weighted by Crippen LogP contribution is -2.42. The number of benzene rings is 1. The Morgan fingerprint density at radius 3 is 2.74 bits per heavy atom. The number of hydrogen-bond acceptors (Lipinski definition) is 3. The highest BCUT2D eigenvalue weighted by atomic mass is 15.2. The molecule has 0 saturated heterocycles. The van der Waals surface area contributed by atoms with Crippen molar-refractivity contribution >= 4 is 5.69 Å². The van der Waals surface area contributed by atoms with Gasteiger partial charge >= 0.3 is 0 Å². The molecule has 0 aliphatic carbocycles. The summed E-state index contributed by atoms with van der Waals surface area (Å²) < 4.78 is 0. The van der Waals surface area contributed by atoms with Gasteiger partial charge in [-0.3, -0.25) is 4.90 Å². The number of nitrogens with zero attached hydrogens (tertiary/aromatic N) is 2. The third kappa shape index (κ3) is 3.48. The van der Waals surface area contributed by atoms with Gasteiger partial charge in [0.15, 0.2) is 0 Å². The van der Waals surface area contributed by atoms with Crippen molar-refractivity contribution in [2.24, 2.45) is 0 Å². The molecule has 3 nitrogen and oxygen atoms in total. The summed E-state index contributed by atoms with van der Waals surface area (Å²) in [5.41, 5.74) is 2.81. The average Bonchev–Trinajstić information content (AvgIpc) is 2.78. The van der Waals surface area contributed by atoms with Crippen LogP contribution in [0.2, 0.25) is 0 Å². The van der Waals surface area contributed by atoms with E-state index in [0.29, 0.717) is 12.0 Å². The molecule has 1 N–H and O–H groups in total. The maximum absolute atomic E-state index is 3.52. The van der Waals surface area contributed by atoms with E-state index in [-0.39, 0.29) is 0 Å². The fraction of sp³-hybridized carbons (Fsp3) is 0.625. The Bertz CT molecular complexity index is 403. The number of rotatable bonds is 6. The molecule has 1 aliphatic heterocycles. The Kier molecular flexibility index (Phi) is 4.83. The molecule has 1 aliphatic rings. The van der Waals surface area contributed by atoms with Crippen molar-refractivity contribution in [3.63, 3.8) is 0 Å². The zero-order chi connectivity index (χ0) is 13.8. The van der Waals surface area contributed by atoms with Gasteiger partial charge in [-0.25, -0.2) is 0 Å². The van der Waals surface area contributed by atoms with E-state index < -0.39 is 0 Å². The van der Waals surface area contributed by atoms with E-state index in [9.17, 15) is 0 Å². The summed E-state index contributed by atoms with van der Waals surface area (Å²) in [5.74, 6) is 0.626. The molecule has 0 aromatic heterocycles. The molecule has 0 bridgehead atoms. The summed E-state index contributed by atoms with van der Waals surface area (Å²) in [4.78, 5) is 4.86. The van der Waals surface area contributed by atoms with Crippen LogP contribution >= 0.6 is 0 Å². The van der Waals surface area contributed by atoms with Gasteiger partial charge in [0.05, 0.1) is 0 Å². The number of nitrogens with one attached hydrogen (secondary N) is 1. The van der Waals surface area contributed by atoms with Gasteiger partial charge in [-0.05, 0) is 39.2 Å². The molecule has 0 spiro atoms. The summed E-state index contributed by atoms with van der Waals surface area (Å²) in [6, 6.07) is 9.32. The van der Waals surface area contributed by atoms with Gasteiger partial charge in [-0.1, -0.05) is 25.1 Å². The van der Waals surface area contributed by atoms with E-state index in [2.05, 4.69) is 67.3 Å². The number of anilines is 1. The van der Waals surface area contributed by atoms with Gasteiger partial charge in [0.25, 0.3) is 0 Å². The van der Waals surface area contributed by atoms with Gasteiger partial charge in [0.2, 0.25) is 0 Å². The Balaban J connectivity index is 2.00. The lowest BCUT2D eigenvalue weighted by Gasteiger charge is -2.32. The molecule has 0 amide bonds. The van der Waals surface area contributed by atoms with Crippen LogP contribution < -0.4 is 5.32 Å². The Hall–Kier alpha value is -1.06. The molecule has 19 heavy (non-hydrogen) atoms. The molecular formula is C16H27N3. The predicted octanol–water partition coefficient (Wildman–Crippen LogP) is 2.47. The van der Waals surface area contributed by atoms with Crippen molar-refractivity contribution in [3.05, 3.63) is 29.8 Å². The van der Waals surface area contributed by atoms with E-state index >= 15 is 0 Å². The molecule has 2 atom stereocenters. The standard InChI is InChI=1S/C16H27N3/c1-5-19(13(2)11-18(3)4)12-14-10-17-16-9-7-6-8-15(14)16/h6-9,13-14,17H,5,10-12H2,1-4H3. The highest BCUT2D eigenvalue weighted by molar-refractivity contribution is 5.57. The van der Waals surface area contributed by atoms with Crippen molar-refractivity contribution in [1.82, 2.24) is 9.80 Å². The monoisotopic (exact) mass is 261 g/mol. The number of hydrogen-bond donors (Lipinski definition) is 1. The topological polar surface area (TPSA) is 18.5 Å². The fourth-order valence-electron chi connectivity index (χ4n) is 3.07. The van der Waals surface area contributed by atoms with Crippen molar-refractivity contribution in [1.29, 1.82) is 0 Å². The van der Waals surface area contributed by atoms with E-state index in [1.165, 1.54) is 11.3 Å². The van der Waals surface area contributed by atoms with Crippen LogP contribution in [0.4, 0.5) is 5.69 Å². The van der Waals surface area contributed by atoms with Crippen molar-refractivity contribution in [2.75, 3.05) is 45.6 Å². The summed E-state index contributed by atoms with van der Waals surface area (Å²) in [5, 5.41) is 3.52. The Morgan fingerprint density at radius 1 is 1.32 bits per heavy atom. The molecule has 1 heterocycles. The lowest BCUT2D eigenvalue weighted by atomic mass is 10.00. The van der Waals surface area contributed by atoms with Crippen molar-refractivity contribution < 1.29 is 0 Å². The largest absolute Gasteiger partial charge is 0.384 e. The van der Waals surface area contributed by atoms with Gasteiger partial charge in [-0.15, -0.1) is 0 Å². The quantitative estimate of drug-likeness (QED) is 0.848. The van der Waals surface area contributed by atoms with Gasteiger partial charge < -0.3 is 10.2 Å². The van der Waals surface area contributed by atoms with Crippen molar-refractivity contribution in [3.8, 4) is 0 Å². The van der Waals surface area contributed by atoms with E-state index in [1.807, 2.05) is 0 Å². The van der Waals surface area contributed by atoms with Crippen LogP contribution in [0.3, 0.4) is 0 Å². The summed E-state index contributed by atoms with van der Waals surface area (Å²) in [6.45, 7) is 9.06. The summed E-state index contributed by atoms with van der Waals surface area (Å²) in [6.07, 6.45) is 0. The molecule has 1 aromatic carbocycles. The molecule has 2 rings (SSSR count). The first-order valence-electron chi connectivity index (χ1n) is 7.33. The Labute approximate surface area is 117 Å². The van der Waals surface area contributed by atoms with Gasteiger partial charge in [0.1, 0.15) is 0 Å². The van der Waals surface area contributed by atoms with Crippen LogP contribution in [0.15, 0.2) is 24.3 Å². The van der Waals surface area contributed by atoms with Gasteiger partial charge in [-0.2, -0.15) is 0 Å². The molecular weight excluding hydrogens is 234 g/mol. The molecule has 1 aromatic rings. The molecule has 0 radical (unpaired) electrons. The van der Waals surface area contributed by atoms with Crippen LogP contribution in [0.25, 0.3) is 0 Å². The first kappa shape index (κ1) is 14.4. The first-order valence-corrected chi connectivity index (χ1v) is 7.33. The minimum absolute atomic E-state index is 0.604. The van der Waals surface area contributed by atoms with E-state index in [4.69, 9.17) is 0 Å². The second-order valence-electron chi connectivity index (χ2n) is 5.86. The fourth-order valence-corrected chi connectivity index (χ4v) is 3.07. The van der Waals surface area contributed by atoms with Crippen molar-refractivity contribution in [2.45, 2.75) is 25.8 Å². The smallest absolute Gasteiger partial charge is 0.0376 e.